The van der Waals surface area contributed by atoms with E-state index >= 15 is 0 Å². The van der Waals surface area contributed by atoms with Crippen LogP contribution in [-0.4, -0.2) is 30.8 Å². The van der Waals surface area contributed by atoms with Crippen molar-refractivity contribution in [1.29, 1.82) is 0 Å². The Morgan fingerprint density at radius 1 is 1.04 bits per heavy atom. The molecule has 3 heterocycles. The lowest BCUT2D eigenvalue weighted by Gasteiger charge is -2.25. The van der Waals surface area contributed by atoms with E-state index < -0.39 is 10.0 Å². The van der Waals surface area contributed by atoms with Gasteiger partial charge in [0, 0.05) is 24.0 Å². The molecule has 0 bridgehead atoms. The van der Waals surface area contributed by atoms with Gasteiger partial charge in [-0.1, -0.05) is 18.6 Å². The molecule has 1 aliphatic heterocycles. The number of sulfonamides is 1. The first-order chi connectivity index (χ1) is 12.1. The van der Waals surface area contributed by atoms with E-state index in [1.165, 1.54) is 11.3 Å². The zero-order chi connectivity index (χ0) is 17.3. The second kappa shape index (κ2) is 6.74. The highest BCUT2D eigenvalue weighted by Gasteiger charge is 2.25. The first kappa shape index (κ1) is 16.5. The van der Waals surface area contributed by atoms with Gasteiger partial charge in [-0.3, -0.25) is 0 Å². The Balaban J connectivity index is 1.58. The molecule has 1 fully saturated rings. The Morgan fingerprint density at radius 3 is 2.48 bits per heavy atom. The van der Waals surface area contributed by atoms with Gasteiger partial charge in [-0.15, -0.1) is 11.3 Å². The van der Waals surface area contributed by atoms with Gasteiger partial charge < -0.3 is 4.42 Å². The van der Waals surface area contributed by atoms with Crippen molar-refractivity contribution in [3.05, 3.63) is 48.0 Å². The van der Waals surface area contributed by atoms with Gasteiger partial charge in [-0.05, 0) is 37.1 Å². The molecule has 0 amide bonds. The van der Waals surface area contributed by atoms with Gasteiger partial charge in [-0.25, -0.2) is 13.4 Å². The van der Waals surface area contributed by atoms with Crippen molar-refractivity contribution in [3.8, 4) is 22.0 Å². The third-order valence-corrected chi connectivity index (χ3v) is 7.11. The van der Waals surface area contributed by atoms with E-state index in [2.05, 4.69) is 4.98 Å². The van der Waals surface area contributed by atoms with Gasteiger partial charge >= 0.3 is 0 Å². The normalized spacial score (nSPS) is 16.2. The Labute approximate surface area is 151 Å². The molecule has 25 heavy (non-hydrogen) atoms. The maximum Gasteiger partial charge on any atom is 0.243 e. The van der Waals surface area contributed by atoms with Crippen LogP contribution in [0, 0.1) is 0 Å². The van der Waals surface area contributed by atoms with Gasteiger partial charge in [0.05, 0.1) is 16.9 Å². The van der Waals surface area contributed by atoms with Gasteiger partial charge in [0.2, 0.25) is 10.0 Å². The van der Waals surface area contributed by atoms with E-state index in [0.29, 0.717) is 18.0 Å². The number of hydrogen-bond donors (Lipinski definition) is 0. The number of rotatable bonds is 4. The minimum Gasteiger partial charge on any atom is -0.462 e. The molecule has 130 valence electrons. The molecule has 0 spiro atoms. The van der Waals surface area contributed by atoms with Crippen molar-refractivity contribution in [2.75, 3.05) is 13.1 Å². The summed E-state index contributed by atoms with van der Waals surface area (Å²) in [7, 11) is -3.39. The van der Waals surface area contributed by atoms with E-state index in [0.717, 1.165) is 41.3 Å². The van der Waals surface area contributed by atoms with Crippen LogP contribution >= 0.6 is 11.3 Å². The smallest absolute Gasteiger partial charge is 0.243 e. The van der Waals surface area contributed by atoms with Crippen molar-refractivity contribution < 1.29 is 12.8 Å². The van der Waals surface area contributed by atoms with Crippen LogP contribution in [0.1, 0.15) is 19.3 Å². The van der Waals surface area contributed by atoms with Crippen LogP contribution in [0.2, 0.25) is 0 Å². The van der Waals surface area contributed by atoms with Crippen LogP contribution < -0.4 is 0 Å². The quantitative estimate of drug-likeness (QED) is 0.685. The second-order valence-corrected chi connectivity index (χ2v) is 8.80. The Morgan fingerprint density at radius 2 is 1.80 bits per heavy atom. The zero-order valence-electron chi connectivity index (χ0n) is 13.6. The van der Waals surface area contributed by atoms with Crippen molar-refractivity contribution >= 4 is 21.4 Å². The van der Waals surface area contributed by atoms with Crippen LogP contribution in [0.15, 0.2) is 57.4 Å². The third-order valence-electron chi connectivity index (χ3n) is 4.34. The average Bonchev–Trinajstić information content (AvgIpc) is 3.34. The standard InChI is InChI=1S/C18H18N2O3S2/c21-25(22,20-10-2-1-3-11-20)15-8-6-14(7-9-15)16-13-24-18(19-16)17-5-4-12-23-17/h4-9,12-13H,1-3,10-11H2. The summed E-state index contributed by atoms with van der Waals surface area (Å²) in [6.07, 6.45) is 4.60. The summed E-state index contributed by atoms with van der Waals surface area (Å²) in [5.74, 6) is 0.737. The van der Waals surface area contributed by atoms with E-state index in [1.54, 1.807) is 22.7 Å². The van der Waals surface area contributed by atoms with Crippen molar-refractivity contribution in [2.45, 2.75) is 24.2 Å². The predicted molar refractivity (Wildman–Crippen MR) is 97.9 cm³/mol. The topological polar surface area (TPSA) is 63.4 Å². The summed E-state index contributed by atoms with van der Waals surface area (Å²) in [4.78, 5) is 4.92. The minimum atomic E-state index is -3.39. The Bertz CT molecular complexity index is 939. The number of nitrogens with zero attached hydrogens (tertiary/aromatic N) is 2. The summed E-state index contributed by atoms with van der Waals surface area (Å²) in [6.45, 7) is 1.23. The number of furan rings is 1. The number of thiazole rings is 1. The van der Waals surface area contributed by atoms with Gasteiger partial charge in [0.1, 0.15) is 0 Å². The average molecular weight is 374 g/mol. The number of aromatic nitrogens is 1. The first-order valence-electron chi connectivity index (χ1n) is 8.24. The summed E-state index contributed by atoms with van der Waals surface area (Å²) in [5.41, 5.74) is 1.71. The zero-order valence-corrected chi connectivity index (χ0v) is 15.2. The minimum absolute atomic E-state index is 0.347. The maximum absolute atomic E-state index is 12.7. The molecule has 7 heteroatoms. The molecule has 0 radical (unpaired) electrons. The highest BCUT2D eigenvalue weighted by atomic mass is 32.2. The molecule has 4 rings (SSSR count). The SMILES string of the molecule is O=S(=O)(c1ccc(-c2csc(-c3ccco3)n2)cc1)N1CCCCC1. The highest BCUT2D eigenvalue weighted by Crippen LogP contribution is 2.30. The lowest BCUT2D eigenvalue weighted by Crippen LogP contribution is -2.35. The number of benzene rings is 1. The fraction of sp³-hybridized carbons (Fsp3) is 0.278. The Hall–Kier alpha value is -1.96. The Kier molecular flexibility index (Phi) is 4.45. The largest absolute Gasteiger partial charge is 0.462 e. The molecule has 5 nitrogen and oxygen atoms in total. The van der Waals surface area contributed by atoms with Crippen molar-refractivity contribution in [1.82, 2.24) is 9.29 Å². The van der Waals surface area contributed by atoms with Crippen molar-refractivity contribution in [3.63, 3.8) is 0 Å². The molecule has 0 atom stereocenters. The molecular formula is C18H18N2O3S2. The van der Waals surface area contributed by atoms with Gasteiger partial charge in [-0.2, -0.15) is 4.31 Å². The van der Waals surface area contributed by atoms with Crippen LogP contribution in [0.4, 0.5) is 0 Å². The second-order valence-electron chi connectivity index (χ2n) is 6.00. The van der Waals surface area contributed by atoms with Gasteiger partial charge in [0.25, 0.3) is 0 Å². The van der Waals surface area contributed by atoms with E-state index in [4.69, 9.17) is 4.42 Å². The summed E-state index contributed by atoms with van der Waals surface area (Å²) in [5, 5.41) is 2.76. The molecular weight excluding hydrogens is 356 g/mol. The van der Waals surface area contributed by atoms with Crippen LogP contribution in [0.25, 0.3) is 22.0 Å². The highest BCUT2D eigenvalue weighted by molar-refractivity contribution is 7.89. The van der Waals surface area contributed by atoms with Crippen LogP contribution in [0.3, 0.4) is 0 Å². The van der Waals surface area contributed by atoms with Crippen molar-refractivity contribution in [2.24, 2.45) is 0 Å². The molecule has 0 N–H and O–H groups in total. The van der Waals surface area contributed by atoms with E-state index in [1.807, 2.05) is 29.6 Å². The fourth-order valence-corrected chi connectivity index (χ4v) is 5.28. The fourth-order valence-electron chi connectivity index (χ4n) is 2.97. The third kappa shape index (κ3) is 3.27. The molecule has 1 saturated heterocycles. The van der Waals surface area contributed by atoms with Gasteiger partial charge in [0.15, 0.2) is 10.8 Å². The monoisotopic (exact) mass is 374 g/mol. The first-order valence-corrected chi connectivity index (χ1v) is 10.6. The molecule has 1 aliphatic rings. The lowest BCUT2D eigenvalue weighted by molar-refractivity contribution is 0.346. The van der Waals surface area contributed by atoms with E-state index in [-0.39, 0.29) is 0 Å². The molecule has 2 aromatic heterocycles. The van der Waals surface area contributed by atoms with Crippen LogP contribution in [-0.2, 0) is 10.0 Å². The van der Waals surface area contributed by atoms with Crippen LogP contribution in [0.5, 0.6) is 0 Å². The predicted octanol–water partition coefficient (Wildman–Crippen LogP) is 4.24. The molecule has 0 aliphatic carbocycles. The summed E-state index contributed by atoms with van der Waals surface area (Å²) in [6, 6.07) is 10.7. The molecule has 1 aromatic carbocycles. The lowest BCUT2D eigenvalue weighted by atomic mass is 10.2. The molecule has 0 unspecified atom stereocenters. The maximum atomic E-state index is 12.7. The molecule has 0 saturated carbocycles. The van der Waals surface area contributed by atoms with E-state index in [9.17, 15) is 8.42 Å². The summed E-state index contributed by atoms with van der Waals surface area (Å²) >= 11 is 1.50. The summed E-state index contributed by atoms with van der Waals surface area (Å²) < 4.78 is 32.3. The molecule has 3 aromatic rings. The number of piperidine rings is 1. The number of hydrogen-bond acceptors (Lipinski definition) is 5.